The van der Waals surface area contributed by atoms with Gasteiger partial charge >= 0.3 is 0 Å². The van der Waals surface area contributed by atoms with Crippen molar-refractivity contribution in [2.75, 3.05) is 11.9 Å². The van der Waals surface area contributed by atoms with Crippen LogP contribution in [0, 0.1) is 11.8 Å². The molecule has 1 amide bonds. The number of nitrogens with one attached hydrogen (secondary N) is 1. The fourth-order valence-corrected chi connectivity index (χ4v) is 2.68. The predicted octanol–water partition coefficient (Wildman–Crippen LogP) is 1.46. The molecule has 0 radical (unpaired) electrons. The Morgan fingerprint density at radius 3 is 3.20 bits per heavy atom. The summed E-state index contributed by atoms with van der Waals surface area (Å²) < 4.78 is 0. The van der Waals surface area contributed by atoms with Crippen LogP contribution in [0.15, 0.2) is 11.6 Å². The van der Waals surface area contributed by atoms with Gasteiger partial charge in [0.15, 0.2) is 5.13 Å². The molecule has 3 N–H and O–H groups in total. The molecule has 1 aromatic heterocycles. The molecule has 1 aliphatic carbocycles. The summed E-state index contributed by atoms with van der Waals surface area (Å²) in [6.45, 7) is 0.607. The van der Waals surface area contributed by atoms with Crippen molar-refractivity contribution in [1.29, 1.82) is 0 Å². The first-order valence-corrected chi connectivity index (χ1v) is 6.09. The summed E-state index contributed by atoms with van der Waals surface area (Å²) in [6.07, 6.45) is 4.83. The number of hydrogen-bond donors (Lipinski definition) is 2. The summed E-state index contributed by atoms with van der Waals surface area (Å²) >= 11 is 1.44. The maximum absolute atomic E-state index is 11.9. The van der Waals surface area contributed by atoms with Crippen LogP contribution < -0.4 is 11.1 Å². The second kappa shape index (κ2) is 4.72. The van der Waals surface area contributed by atoms with Crippen LogP contribution in [-0.4, -0.2) is 17.4 Å². The van der Waals surface area contributed by atoms with Crippen molar-refractivity contribution in [2.24, 2.45) is 17.6 Å². The molecule has 1 saturated carbocycles. The molecule has 4 nitrogen and oxygen atoms in total. The van der Waals surface area contributed by atoms with E-state index in [-0.39, 0.29) is 11.8 Å². The van der Waals surface area contributed by atoms with E-state index < -0.39 is 0 Å². The van der Waals surface area contributed by atoms with Gasteiger partial charge in [0.1, 0.15) is 0 Å². The number of amides is 1. The van der Waals surface area contributed by atoms with Gasteiger partial charge in [0.2, 0.25) is 5.91 Å². The first-order chi connectivity index (χ1) is 7.31. The molecule has 1 heterocycles. The largest absolute Gasteiger partial charge is 0.330 e. The van der Waals surface area contributed by atoms with Crippen LogP contribution in [0.25, 0.3) is 0 Å². The molecule has 5 heteroatoms. The number of nitrogens with zero attached hydrogens (tertiary/aromatic N) is 1. The van der Waals surface area contributed by atoms with Crippen LogP contribution in [0.2, 0.25) is 0 Å². The molecule has 0 saturated heterocycles. The lowest BCUT2D eigenvalue weighted by molar-refractivity contribution is -0.120. The fourth-order valence-electron chi connectivity index (χ4n) is 2.15. The van der Waals surface area contributed by atoms with Crippen molar-refractivity contribution in [3.05, 3.63) is 11.6 Å². The van der Waals surface area contributed by atoms with Crippen molar-refractivity contribution in [1.82, 2.24) is 4.98 Å². The average Bonchev–Trinajstić information content (AvgIpc) is 2.86. The smallest absolute Gasteiger partial charge is 0.229 e. The second-order valence-electron chi connectivity index (χ2n) is 3.86. The van der Waals surface area contributed by atoms with Gasteiger partial charge in [-0.15, -0.1) is 11.3 Å². The maximum atomic E-state index is 11.9. The molecule has 0 aromatic carbocycles. The normalized spacial score (nSPS) is 25.4. The van der Waals surface area contributed by atoms with Crippen LogP contribution in [0.3, 0.4) is 0 Å². The molecule has 2 atom stereocenters. The number of carbonyl (C=O) groups excluding carboxylic acids is 1. The zero-order chi connectivity index (χ0) is 10.7. The SMILES string of the molecule is NCC1CCCC1C(=O)Nc1nccs1. The molecule has 2 unspecified atom stereocenters. The van der Waals surface area contributed by atoms with Gasteiger partial charge in [0.05, 0.1) is 0 Å². The quantitative estimate of drug-likeness (QED) is 0.818. The highest BCUT2D eigenvalue weighted by Gasteiger charge is 2.32. The van der Waals surface area contributed by atoms with Crippen LogP contribution in [0.5, 0.6) is 0 Å². The zero-order valence-corrected chi connectivity index (χ0v) is 9.30. The molecular weight excluding hydrogens is 210 g/mol. The summed E-state index contributed by atoms with van der Waals surface area (Å²) in [5.41, 5.74) is 5.64. The molecule has 0 bridgehead atoms. The third-order valence-electron chi connectivity index (χ3n) is 2.96. The Kier molecular flexibility index (Phi) is 3.33. The number of anilines is 1. The van der Waals surface area contributed by atoms with Gasteiger partial charge in [0.25, 0.3) is 0 Å². The lowest BCUT2D eigenvalue weighted by atomic mass is 9.95. The Morgan fingerprint density at radius 1 is 1.67 bits per heavy atom. The lowest BCUT2D eigenvalue weighted by Gasteiger charge is -2.16. The minimum absolute atomic E-state index is 0.0814. The third-order valence-corrected chi connectivity index (χ3v) is 3.65. The summed E-state index contributed by atoms with van der Waals surface area (Å²) in [7, 11) is 0. The van der Waals surface area contributed by atoms with Gasteiger partial charge in [-0.3, -0.25) is 4.79 Å². The predicted molar refractivity (Wildman–Crippen MR) is 60.6 cm³/mol. The van der Waals surface area contributed by atoms with E-state index in [4.69, 9.17) is 5.73 Å². The van der Waals surface area contributed by atoms with Gasteiger partial charge < -0.3 is 11.1 Å². The number of rotatable bonds is 3. The third kappa shape index (κ3) is 2.35. The lowest BCUT2D eigenvalue weighted by Crippen LogP contribution is -2.29. The Balaban J connectivity index is 1.96. The number of aromatic nitrogens is 1. The van der Waals surface area contributed by atoms with Crippen molar-refractivity contribution in [3.8, 4) is 0 Å². The minimum Gasteiger partial charge on any atom is -0.330 e. The van der Waals surface area contributed by atoms with Crippen LogP contribution >= 0.6 is 11.3 Å². The Hall–Kier alpha value is -0.940. The summed E-state index contributed by atoms with van der Waals surface area (Å²) in [5.74, 6) is 0.516. The molecule has 1 fully saturated rings. The van der Waals surface area contributed by atoms with Gasteiger partial charge in [-0.25, -0.2) is 4.98 Å². The number of nitrogens with two attached hydrogens (primary N) is 1. The average molecular weight is 225 g/mol. The Morgan fingerprint density at radius 2 is 2.53 bits per heavy atom. The van der Waals surface area contributed by atoms with E-state index in [9.17, 15) is 4.79 Å². The molecule has 82 valence electrons. The van der Waals surface area contributed by atoms with E-state index in [0.717, 1.165) is 19.3 Å². The maximum Gasteiger partial charge on any atom is 0.229 e. The van der Waals surface area contributed by atoms with Crippen molar-refractivity contribution in [3.63, 3.8) is 0 Å². The monoisotopic (exact) mass is 225 g/mol. The first-order valence-electron chi connectivity index (χ1n) is 5.21. The molecule has 0 spiro atoms. The topological polar surface area (TPSA) is 68.0 Å². The summed E-state index contributed by atoms with van der Waals surface area (Å²) in [4.78, 5) is 15.9. The van der Waals surface area contributed by atoms with Gasteiger partial charge in [-0.2, -0.15) is 0 Å². The summed E-state index contributed by atoms with van der Waals surface area (Å²) in [6, 6.07) is 0. The van der Waals surface area contributed by atoms with Crippen molar-refractivity contribution in [2.45, 2.75) is 19.3 Å². The van der Waals surface area contributed by atoms with E-state index in [1.807, 2.05) is 5.38 Å². The van der Waals surface area contributed by atoms with Crippen LogP contribution in [-0.2, 0) is 4.79 Å². The zero-order valence-electron chi connectivity index (χ0n) is 8.48. The van der Waals surface area contributed by atoms with Gasteiger partial charge in [-0.1, -0.05) is 6.42 Å². The number of thiazole rings is 1. The highest BCUT2D eigenvalue weighted by atomic mass is 32.1. The molecule has 0 aliphatic heterocycles. The summed E-state index contributed by atoms with van der Waals surface area (Å²) in [5, 5.41) is 5.38. The van der Waals surface area contributed by atoms with Crippen LogP contribution in [0.1, 0.15) is 19.3 Å². The highest BCUT2D eigenvalue weighted by molar-refractivity contribution is 7.13. The van der Waals surface area contributed by atoms with Crippen molar-refractivity contribution < 1.29 is 4.79 Å². The molecular formula is C10H15N3OS. The van der Waals surface area contributed by atoms with Gasteiger partial charge in [-0.05, 0) is 25.3 Å². The van der Waals surface area contributed by atoms with E-state index in [2.05, 4.69) is 10.3 Å². The highest BCUT2D eigenvalue weighted by Crippen LogP contribution is 2.31. The minimum atomic E-state index is 0.0814. The Labute approximate surface area is 92.9 Å². The number of hydrogen-bond acceptors (Lipinski definition) is 4. The van der Waals surface area contributed by atoms with Gasteiger partial charge in [0, 0.05) is 17.5 Å². The number of carbonyl (C=O) groups is 1. The van der Waals surface area contributed by atoms with Crippen LogP contribution in [0.4, 0.5) is 5.13 Å². The van der Waals surface area contributed by atoms with E-state index in [0.29, 0.717) is 17.6 Å². The fraction of sp³-hybridized carbons (Fsp3) is 0.600. The molecule has 15 heavy (non-hydrogen) atoms. The first kappa shape index (κ1) is 10.6. The Bertz CT molecular complexity index is 325. The van der Waals surface area contributed by atoms with Crippen molar-refractivity contribution >= 4 is 22.4 Å². The van der Waals surface area contributed by atoms with E-state index >= 15 is 0 Å². The standard InChI is InChI=1S/C10H15N3OS/c11-6-7-2-1-3-8(7)9(14)13-10-12-4-5-15-10/h4-5,7-8H,1-3,6,11H2,(H,12,13,14). The molecule has 1 aromatic rings. The molecule has 1 aliphatic rings. The molecule has 2 rings (SSSR count). The second-order valence-corrected chi connectivity index (χ2v) is 4.75. The van der Waals surface area contributed by atoms with E-state index in [1.54, 1.807) is 6.20 Å². The van der Waals surface area contributed by atoms with E-state index in [1.165, 1.54) is 11.3 Å².